The summed E-state index contributed by atoms with van der Waals surface area (Å²) in [7, 11) is 7.66. The molecular weight excluding hydrogens is 362 g/mol. The van der Waals surface area contributed by atoms with Crippen molar-refractivity contribution >= 4 is 23.5 Å². The Bertz CT molecular complexity index is 824. The van der Waals surface area contributed by atoms with Crippen LogP contribution >= 0.6 is 11.6 Å². The number of nitrogens with zero attached hydrogens (tertiary/aromatic N) is 5. The molecule has 1 amide bonds. The smallest absolute Gasteiger partial charge is 0.237 e. The first-order valence-corrected chi connectivity index (χ1v) is 9.49. The molecule has 1 aromatic carbocycles. The molecule has 1 aliphatic rings. The van der Waals surface area contributed by atoms with Crippen LogP contribution in [0, 0.1) is 0 Å². The summed E-state index contributed by atoms with van der Waals surface area (Å²) in [6, 6.07) is 7.64. The number of benzene rings is 1. The SMILES string of the molecule is CN(C)CC(=O)N1CCCC1c1nc(N(C)C)ncc1-c1cccc(Cl)c1. The summed E-state index contributed by atoms with van der Waals surface area (Å²) < 4.78 is 0. The van der Waals surface area contributed by atoms with E-state index < -0.39 is 0 Å². The lowest BCUT2D eigenvalue weighted by Gasteiger charge is -2.28. The highest BCUT2D eigenvalue weighted by Gasteiger charge is 2.33. The van der Waals surface area contributed by atoms with Crippen molar-refractivity contribution in [1.29, 1.82) is 0 Å². The molecule has 1 unspecified atom stereocenters. The van der Waals surface area contributed by atoms with E-state index in [2.05, 4.69) is 4.98 Å². The average molecular weight is 388 g/mol. The van der Waals surface area contributed by atoms with Gasteiger partial charge in [0.15, 0.2) is 0 Å². The number of rotatable bonds is 5. The monoisotopic (exact) mass is 387 g/mol. The zero-order chi connectivity index (χ0) is 19.6. The molecule has 1 atom stereocenters. The van der Waals surface area contributed by atoms with Crippen LogP contribution in [-0.2, 0) is 4.79 Å². The van der Waals surface area contributed by atoms with E-state index in [9.17, 15) is 4.79 Å². The van der Waals surface area contributed by atoms with Crippen LogP contribution in [0.4, 0.5) is 5.95 Å². The van der Waals surface area contributed by atoms with Crippen LogP contribution in [-0.4, -0.2) is 67.0 Å². The van der Waals surface area contributed by atoms with E-state index in [4.69, 9.17) is 16.6 Å². The molecule has 2 aromatic rings. The molecule has 1 fully saturated rings. The number of carbonyl (C=O) groups excluding carboxylic acids is 1. The summed E-state index contributed by atoms with van der Waals surface area (Å²) in [5, 5.41) is 0.669. The van der Waals surface area contributed by atoms with Gasteiger partial charge in [-0.25, -0.2) is 9.97 Å². The van der Waals surface area contributed by atoms with Gasteiger partial charge in [0.2, 0.25) is 11.9 Å². The standard InChI is InChI=1S/C20H26ClN5O/c1-24(2)13-18(27)26-10-6-9-17(26)19-16(12-22-20(23-19)25(3)4)14-7-5-8-15(21)11-14/h5,7-8,11-12,17H,6,9-10,13H2,1-4H3. The lowest BCUT2D eigenvalue weighted by atomic mass is 10.00. The Morgan fingerprint density at radius 3 is 2.74 bits per heavy atom. The summed E-state index contributed by atoms with van der Waals surface area (Å²) >= 11 is 6.21. The third-order valence-electron chi connectivity index (χ3n) is 4.68. The van der Waals surface area contributed by atoms with Crippen LogP contribution < -0.4 is 4.90 Å². The Kier molecular flexibility index (Phi) is 5.97. The van der Waals surface area contributed by atoms with Crippen molar-refractivity contribution in [3.63, 3.8) is 0 Å². The highest BCUT2D eigenvalue weighted by atomic mass is 35.5. The molecular formula is C20H26ClN5O. The van der Waals surface area contributed by atoms with Crippen molar-refractivity contribution in [3.8, 4) is 11.1 Å². The predicted octanol–water partition coefficient (Wildman–Crippen LogP) is 3.09. The Morgan fingerprint density at radius 2 is 2.07 bits per heavy atom. The van der Waals surface area contributed by atoms with Gasteiger partial charge < -0.3 is 14.7 Å². The number of hydrogen-bond donors (Lipinski definition) is 0. The molecule has 0 saturated carbocycles. The van der Waals surface area contributed by atoms with Crippen LogP contribution in [0.3, 0.4) is 0 Å². The minimum Gasteiger partial charge on any atom is -0.347 e. The second-order valence-electron chi connectivity index (χ2n) is 7.36. The lowest BCUT2D eigenvalue weighted by Crippen LogP contribution is -2.37. The fraction of sp³-hybridized carbons (Fsp3) is 0.450. The second kappa shape index (κ2) is 8.23. The van der Waals surface area contributed by atoms with Gasteiger partial charge in [-0.05, 0) is 44.6 Å². The van der Waals surface area contributed by atoms with Crippen LogP contribution in [0.15, 0.2) is 30.5 Å². The van der Waals surface area contributed by atoms with Crippen molar-refractivity contribution in [2.45, 2.75) is 18.9 Å². The van der Waals surface area contributed by atoms with Crippen molar-refractivity contribution in [3.05, 3.63) is 41.2 Å². The average Bonchev–Trinajstić information content (AvgIpc) is 3.10. The van der Waals surface area contributed by atoms with Crippen molar-refractivity contribution < 1.29 is 4.79 Å². The molecule has 2 heterocycles. The van der Waals surface area contributed by atoms with Crippen LogP contribution in [0.2, 0.25) is 5.02 Å². The highest BCUT2D eigenvalue weighted by Crippen LogP contribution is 2.37. The van der Waals surface area contributed by atoms with Crippen LogP contribution in [0.1, 0.15) is 24.6 Å². The number of likely N-dealkylation sites (tertiary alicyclic amines) is 1. The Morgan fingerprint density at radius 1 is 1.30 bits per heavy atom. The molecule has 27 heavy (non-hydrogen) atoms. The van der Waals surface area contributed by atoms with Crippen molar-refractivity contribution in [2.75, 3.05) is 46.2 Å². The van der Waals surface area contributed by atoms with Crippen LogP contribution in [0.25, 0.3) is 11.1 Å². The molecule has 0 N–H and O–H groups in total. The van der Waals surface area contributed by atoms with E-state index in [1.165, 1.54) is 0 Å². The molecule has 0 radical (unpaired) electrons. The molecule has 0 aliphatic carbocycles. The van der Waals surface area contributed by atoms with Gasteiger partial charge in [-0.2, -0.15) is 0 Å². The summed E-state index contributed by atoms with van der Waals surface area (Å²) in [5.74, 6) is 0.771. The van der Waals surface area contributed by atoms with Gasteiger partial charge in [0.25, 0.3) is 0 Å². The second-order valence-corrected chi connectivity index (χ2v) is 7.79. The number of amides is 1. The number of carbonyl (C=O) groups is 1. The third-order valence-corrected chi connectivity index (χ3v) is 4.92. The van der Waals surface area contributed by atoms with Crippen molar-refractivity contribution in [2.24, 2.45) is 0 Å². The quantitative estimate of drug-likeness (QED) is 0.789. The Balaban J connectivity index is 2.06. The third kappa shape index (κ3) is 4.39. The fourth-order valence-electron chi connectivity index (χ4n) is 3.44. The topological polar surface area (TPSA) is 52.6 Å². The maximum absolute atomic E-state index is 12.8. The number of likely N-dealkylation sites (N-methyl/N-ethyl adjacent to an activating group) is 1. The van der Waals surface area contributed by atoms with E-state index in [0.29, 0.717) is 17.5 Å². The van der Waals surface area contributed by atoms with Crippen molar-refractivity contribution in [1.82, 2.24) is 19.8 Å². The molecule has 0 spiro atoms. The maximum Gasteiger partial charge on any atom is 0.237 e. The molecule has 144 valence electrons. The lowest BCUT2D eigenvalue weighted by molar-refractivity contribution is -0.132. The number of anilines is 1. The molecule has 0 bridgehead atoms. The summed E-state index contributed by atoms with van der Waals surface area (Å²) in [6.07, 6.45) is 3.72. The van der Waals surface area contributed by atoms with Gasteiger partial charge in [-0.1, -0.05) is 23.7 Å². The summed E-state index contributed by atoms with van der Waals surface area (Å²) in [6.45, 7) is 1.16. The molecule has 1 aliphatic heterocycles. The first-order chi connectivity index (χ1) is 12.9. The first kappa shape index (κ1) is 19.6. The highest BCUT2D eigenvalue weighted by molar-refractivity contribution is 6.30. The van der Waals surface area contributed by atoms with E-state index in [-0.39, 0.29) is 11.9 Å². The molecule has 6 nitrogen and oxygen atoms in total. The summed E-state index contributed by atoms with van der Waals surface area (Å²) in [5.41, 5.74) is 2.79. The van der Waals surface area contributed by atoms with Gasteiger partial charge in [-0.15, -0.1) is 0 Å². The van der Waals surface area contributed by atoms with Gasteiger partial charge in [0.05, 0.1) is 18.3 Å². The molecule has 1 aromatic heterocycles. The normalized spacial score (nSPS) is 16.8. The van der Waals surface area contributed by atoms with E-state index in [0.717, 1.165) is 36.2 Å². The summed E-state index contributed by atoms with van der Waals surface area (Å²) in [4.78, 5) is 27.8. The molecule has 7 heteroatoms. The minimum atomic E-state index is -0.0480. The molecule has 3 rings (SSSR count). The van der Waals surface area contributed by atoms with E-state index in [1.807, 2.05) is 73.4 Å². The number of halogens is 1. The van der Waals surface area contributed by atoms with E-state index >= 15 is 0 Å². The Hall–Kier alpha value is -2.18. The predicted molar refractivity (Wildman–Crippen MR) is 109 cm³/mol. The zero-order valence-corrected chi connectivity index (χ0v) is 17.1. The van der Waals surface area contributed by atoms with Gasteiger partial charge in [-0.3, -0.25) is 4.79 Å². The number of aromatic nitrogens is 2. The van der Waals surface area contributed by atoms with Gasteiger partial charge in [0.1, 0.15) is 0 Å². The van der Waals surface area contributed by atoms with Gasteiger partial charge in [0, 0.05) is 37.4 Å². The van der Waals surface area contributed by atoms with E-state index in [1.54, 1.807) is 0 Å². The number of hydrogen-bond acceptors (Lipinski definition) is 5. The zero-order valence-electron chi connectivity index (χ0n) is 16.3. The molecule has 1 saturated heterocycles. The minimum absolute atomic E-state index is 0.0480. The first-order valence-electron chi connectivity index (χ1n) is 9.11. The van der Waals surface area contributed by atoms with Gasteiger partial charge >= 0.3 is 0 Å². The van der Waals surface area contributed by atoms with Crippen LogP contribution in [0.5, 0.6) is 0 Å². The largest absolute Gasteiger partial charge is 0.347 e. The Labute approximate surface area is 165 Å². The fourth-order valence-corrected chi connectivity index (χ4v) is 3.63. The maximum atomic E-state index is 12.8.